The van der Waals surface area contributed by atoms with E-state index < -0.39 is 0 Å². The summed E-state index contributed by atoms with van der Waals surface area (Å²) < 4.78 is 7.96. The molecule has 6 nitrogen and oxygen atoms in total. The molecule has 8 heteroatoms. The van der Waals surface area contributed by atoms with Crippen molar-refractivity contribution in [2.24, 2.45) is 7.05 Å². The molecule has 0 fully saturated rings. The highest BCUT2D eigenvalue weighted by Gasteiger charge is 2.13. The zero-order valence-corrected chi connectivity index (χ0v) is 16.7. The summed E-state index contributed by atoms with van der Waals surface area (Å²) in [5.41, 5.74) is 1.69. The van der Waals surface area contributed by atoms with E-state index in [-0.39, 0.29) is 11.7 Å². The number of hydrogen-bond acceptors (Lipinski definition) is 5. The largest absolute Gasteiger partial charge is 0.497 e. The van der Waals surface area contributed by atoms with Crippen LogP contribution in [0.2, 0.25) is 0 Å². The SMILES string of the molecule is COc1ccc(-c2nnc(SCC(=O)Nc3cccc(Br)c3)n2C)cc1. The molecule has 0 saturated heterocycles. The molecule has 3 aromatic rings. The third kappa shape index (κ3) is 4.44. The van der Waals surface area contributed by atoms with Gasteiger partial charge in [0.05, 0.1) is 12.9 Å². The summed E-state index contributed by atoms with van der Waals surface area (Å²) in [5.74, 6) is 1.68. The molecule has 1 amide bonds. The smallest absolute Gasteiger partial charge is 0.234 e. The van der Waals surface area contributed by atoms with Crippen molar-refractivity contribution in [2.45, 2.75) is 5.16 Å². The fourth-order valence-electron chi connectivity index (χ4n) is 2.33. The van der Waals surface area contributed by atoms with E-state index >= 15 is 0 Å². The fourth-order valence-corrected chi connectivity index (χ4v) is 3.44. The van der Waals surface area contributed by atoms with Crippen LogP contribution in [0.3, 0.4) is 0 Å². The minimum Gasteiger partial charge on any atom is -0.497 e. The third-order valence-corrected chi connectivity index (χ3v) is 5.14. The number of thioether (sulfide) groups is 1. The van der Waals surface area contributed by atoms with Crippen LogP contribution in [0.1, 0.15) is 0 Å². The van der Waals surface area contributed by atoms with Gasteiger partial charge in [-0.25, -0.2) is 0 Å². The van der Waals surface area contributed by atoms with Gasteiger partial charge in [0.25, 0.3) is 0 Å². The van der Waals surface area contributed by atoms with Crippen LogP contribution in [-0.2, 0) is 11.8 Å². The number of hydrogen-bond donors (Lipinski definition) is 1. The number of methoxy groups -OCH3 is 1. The van der Waals surface area contributed by atoms with Crippen LogP contribution in [0.5, 0.6) is 5.75 Å². The number of nitrogens with zero attached hydrogens (tertiary/aromatic N) is 3. The van der Waals surface area contributed by atoms with E-state index in [0.717, 1.165) is 27.3 Å². The molecule has 2 aromatic carbocycles. The van der Waals surface area contributed by atoms with Crippen molar-refractivity contribution in [3.63, 3.8) is 0 Å². The second-order valence-electron chi connectivity index (χ2n) is 5.44. The molecule has 0 saturated carbocycles. The number of anilines is 1. The fraction of sp³-hybridized carbons (Fsp3) is 0.167. The summed E-state index contributed by atoms with van der Waals surface area (Å²) in [4.78, 5) is 12.1. The van der Waals surface area contributed by atoms with Gasteiger partial charge in [-0.3, -0.25) is 4.79 Å². The van der Waals surface area contributed by atoms with Gasteiger partial charge in [-0.1, -0.05) is 33.8 Å². The highest BCUT2D eigenvalue weighted by molar-refractivity contribution is 9.10. The van der Waals surface area contributed by atoms with Gasteiger partial charge in [-0.05, 0) is 42.5 Å². The number of benzene rings is 2. The molecule has 26 heavy (non-hydrogen) atoms. The van der Waals surface area contributed by atoms with Gasteiger partial charge in [0, 0.05) is 22.8 Å². The Balaban J connectivity index is 1.63. The standard InChI is InChI=1S/C18H17BrN4O2S/c1-23-17(12-6-8-15(25-2)9-7-12)21-22-18(23)26-11-16(24)20-14-5-3-4-13(19)10-14/h3-10H,11H2,1-2H3,(H,20,24). The van der Waals surface area contributed by atoms with Gasteiger partial charge in [0.1, 0.15) is 5.75 Å². The van der Waals surface area contributed by atoms with Crippen molar-refractivity contribution in [2.75, 3.05) is 18.2 Å². The van der Waals surface area contributed by atoms with Crippen LogP contribution < -0.4 is 10.1 Å². The van der Waals surface area contributed by atoms with E-state index in [1.165, 1.54) is 11.8 Å². The number of aromatic nitrogens is 3. The van der Waals surface area contributed by atoms with Crippen molar-refractivity contribution in [3.05, 3.63) is 53.0 Å². The zero-order valence-electron chi connectivity index (χ0n) is 14.3. The Morgan fingerprint density at radius 2 is 2.00 bits per heavy atom. The van der Waals surface area contributed by atoms with Crippen molar-refractivity contribution in [3.8, 4) is 17.1 Å². The Morgan fingerprint density at radius 3 is 2.69 bits per heavy atom. The number of carbonyl (C=O) groups is 1. The predicted octanol–water partition coefficient (Wildman–Crippen LogP) is 3.98. The topological polar surface area (TPSA) is 69.0 Å². The number of amides is 1. The Labute approximate surface area is 164 Å². The maximum absolute atomic E-state index is 12.1. The van der Waals surface area contributed by atoms with Crippen molar-refractivity contribution in [1.82, 2.24) is 14.8 Å². The van der Waals surface area contributed by atoms with Gasteiger partial charge in [0.15, 0.2) is 11.0 Å². The van der Waals surface area contributed by atoms with Crippen LogP contribution >= 0.6 is 27.7 Å². The molecule has 0 radical (unpaired) electrons. The average Bonchev–Trinajstić information content (AvgIpc) is 3.01. The first-order valence-electron chi connectivity index (χ1n) is 7.79. The molecule has 3 rings (SSSR count). The molecular weight excluding hydrogens is 416 g/mol. The molecule has 0 spiro atoms. The van der Waals surface area contributed by atoms with Crippen LogP contribution in [0.15, 0.2) is 58.2 Å². The van der Waals surface area contributed by atoms with Gasteiger partial charge < -0.3 is 14.6 Å². The molecule has 1 heterocycles. The Hall–Kier alpha value is -2.32. The Kier molecular flexibility index (Phi) is 5.95. The summed E-state index contributed by atoms with van der Waals surface area (Å²) in [6.07, 6.45) is 0. The predicted molar refractivity (Wildman–Crippen MR) is 106 cm³/mol. The van der Waals surface area contributed by atoms with E-state index in [0.29, 0.717) is 5.16 Å². The summed E-state index contributed by atoms with van der Waals surface area (Å²) in [6, 6.07) is 15.1. The van der Waals surface area contributed by atoms with Crippen molar-refractivity contribution >= 4 is 39.3 Å². The Bertz CT molecular complexity index is 912. The maximum Gasteiger partial charge on any atom is 0.234 e. The minimum atomic E-state index is -0.0953. The van der Waals surface area contributed by atoms with E-state index in [1.807, 2.05) is 60.1 Å². The molecule has 0 aliphatic heterocycles. The minimum absolute atomic E-state index is 0.0953. The number of carbonyl (C=O) groups excluding carboxylic acids is 1. The second kappa shape index (κ2) is 8.37. The van der Waals surface area contributed by atoms with Gasteiger partial charge in [-0.2, -0.15) is 0 Å². The molecule has 0 aliphatic carbocycles. The number of rotatable bonds is 6. The van der Waals surface area contributed by atoms with Crippen LogP contribution in [0, 0.1) is 0 Å². The number of nitrogens with one attached hydrogen (secondary N) is 1. The molecule has 0 bridgehead atoms. The first-order chi connectivity index (χ1) is 12.6. The van der Waals surface area contributed by atoms with Crippen LogP contribution in [-0.4, -0.2) is 33.5 Å². The lowest BCUT2D eigenvalue weighted by molar-refractivity contribution is -0.113. The van der Waals surface area contributed by atoms with Crippen molar-refractivity contribution in [1.29, 1.82) is 0 Å². The third-order valence-electron chi connectivity index (χ3n) is 3.62. The number of ether oxygens (including phenoxy) is 1. The molecule has 0 atom stereocenters. The molecule has 134 valence electrons. The summed E-state index contributed by atoms with van der Waals surface area (Å²) in [7, 11) is 3.51. The van der Waals surface area contributed by atoms with E-state index in [1.54, 1.807) is 7.11 Å². The summed E-state index contributed by atoms with van der Waals surface area (Å²) in [6.45, 7) is 0. The molecule has 1 aromatic heterocycles. The lowest BCUT2D eigenvalue weighted by atomic mass is 10.2. The molecule has 1 N–H and O–H groups in total. The summed E-state index contributed by atoms with van der Waals surface area (Å²) >= 11 is 4.73. The molecule has 0 aliphatic rings. The number of halogens is 1. The van der Waals surface area contributed by atoms with E-state index in [4.69, 9.17) is 4.74 Å². The molecular formula is C18H17BrN4O2S. The average molecular weight is 433 g/mol. The van der Waals surface area contributed by atoms with E-state index in [2.05, 4.69) is 31.4 Å². The maximum atomic E-state index is 12.1. The highest BCUT2D eigenvalue weighted by atomic mass is 79.9. The van der Waals surface area contributed by atoms with Gasteiger partial charge in [-0.15, -0.1) is 10.2 Å². The zero-order chi connectivity index (χ0) is 18.5. The first-order valence-corrected chi connectivity index (χ1v) is 9.56. The van der Waals surface area contributed by atoms with Gasteiger partial charge >= 0.3 is 0 Å². The first kappa shape index (κ1) is 18.5. The monoisotopic (exact) mass is 432 g/mol. The quantitative estimate of drug-likeness (QED) is 0.596. The molecule has 0 unspecified atom stereocenters. The van der Waals surface area contributed by atoms with Crippen LogP contribution in [0.25, 0.3) is 11.4 Å². The lowest BCUT2D eigenvalue weighted by Crippen LogP contribution is -2.14. The summed E-state index contributed by atoms with van der Waals surface area (Å²) in [5, 5.41) is 12.0. The van der Waals surface area contributed by atoms with Gasteiger partial charge in [0.2, 0.25) is 5.91 Å². The van der Waals surface area contributed by atoms with Crippen LogP contribution in [0.4, 0.5) is 5.69 Å². The Morgan fingerprint density at radius 1 is 1.23 bits per heavy atom. The normalized spacial score (nSPS) is 10.6. The highest BCUT2D eigenvalue weighted by Crippen LogP contribution is 2.24. The van der Waals surface area contributed by atoms with E-state index in [9.17, 15) is 4.79 Å². The second-order valence-corrected chi connectivity index (χ2v) is 7.30. The van der Waals surface area contributed by atoms with Crippen molar-refractivity contribution < 1.29 is 9.53 Å². The lowest BCUT2D eigenvalue weighted by Gasteiger charge is -2.06.